The first kappa shape index (κ1) is 28.6. The molecular formula is C33H39N3O4Si. The van der Waals surface area contributed by atoms with Crippen molar-refractivity contribution in [3.05, 3.63) is 83.6 Å². The second-order valence-electron chi connectivity index (χ2n) is 11.6. The number of amides is 1. The first-order valence-corrected chi connectivity index (χ1v) is 17.8. The SMILES string of the molecule is COc1cc2c(cc1OC)CN(C(=O)C=Cc1c(-c3ccccc3)n(COCC[Si](C)(C)C)c3ncccc13)CC2. The Kier molecular flexibility index (Phi) is 8.61. The molecule has 0 aliphatic carbocycles. The highest BCUT2D eigenvalue weighted by molar-refractivity contribution is 6.76. The van der Waals surface area contributed by atoms with Gasteiger partial charge in [-0.3, -0.25) is 4.79 Å². The van der Waals surface area contributed by atoms with Crippen LogP contribution in [0.2, 0.25) is 25.7 Å². The zero-order chi connectivity index (χ0) is 29.0. The van der Waals surface area contributed by atoms with Crippen LogP contribution in [-0.4, -0.2) is 55.8 Å². The average Bonchev–Trinajstić information content (AvgIpc) is 3.30. The number of rotatable bonds is 10. The molecule has 41 heavy (non-hydrogen) atoms. The Balaban J connectivity index is 1.46. The number of aromatic nitrogens is 2. The lowest BCUT2D eigenvalue weighted by molar-refractivity contribution is -0.126. The third-order valence-electron chi connectivity index (χ3n) is 7.54. The van der Waals surface area contributed by atoms with Gasteiger partial charge in [0.2, 0.25) is 5.91 Å². The number of pyridine rings is 1. The molecule has 0 atom stereocenters. The van der Waals surface area contributed by atoms with Gasteiger partial charge in [-0.25, -0.2) is 4.98 Å². The Morgan fingerprint density at radius 2 is 1.73 bits per heavy atom. The Bertz CT molecular complexity index is 1560. The van der Waals surface area contributed by atoms with Crippen molar-refractivity contribution < 1.29 is 19.0 Å². The zero-order valence-corrected chi connectivity index (χ0v) is 25.6. The van der Waals surface area contributed by atoms with E-state index in [1.54, 1.807) is 20.3 Å². The van der Waals surface area contributed by atoms with Gasteiger partial charge in [-0.1, -0.05) is 50.0 Å². The third-order valence-corrected chi connectivity index (χ3v) is 9.25. The molecule has 1 aliphatic heterocycles. The van der Waals surface area contributed by atoms with Gasteiger partial charge >= 0.3 is 0 Å². The zero-order valence-electron chi connectivity index (χ0n) is 24.6. The van der Waals surface area contributed by atoms with E-state index >= 15 is 0 Å². The molecule has 0 saturated carbocycles. The van der Waals surface area contributed by atoms with Crippen LogP contribution in [0.5, 0.6) is 11.5 Å². The molecule has 214 valence electrons. The largest absolute Gasteiger partial charge is 0.493 e. The number of hydrogen-bond donors (Lipinski definition) is 0. The molecule has 2 aromatic carbocycles. The summed E-state index contributed by atoms with van der Waals surface area (Å²) < 4.78 is 19.3. The van der Waals surface area contributed by atoms with E-state index < -0.39 is 8.07 Å². The van der Waals surface area contributed by atoms with Crippen LogP contribution >= 0.6 is 0 Å². The molecule has 0 bridgehead atoms. The van der Waals surface area contributed by atoms with Crippen molar-refractivity contribution >= 4 is 31.1 Å². The van der Waals surface area contributed by atoms with Crippen molar-refractivity contribution in [3.63, 3.8) is 0 Å². The molecule has 1 amide bonds. The molecule has 1 aliphatic rings. The maximum Gasteiger partial charge on any atom is 0.246 e. The quantitative estimate of drug-likeness (QED) is 0.122. The summed E-state index contributed by atoms with van der Waals surface area (Å²) in [6, 6.07) is 19.4. The Morgan fingerprint density at radius 3 is 2.44 bits per heavy atom. The van der Waals surface area contributed by atoms with E-state index in [2.05, 4.69) is 42.4 Å². The number of nitrogens with zero attached hydrogens (tertiary/aromatic N) is 3. The summed E-state index contributed by atoms with van der Waals surface area (Å²) in [5, 5.41) is 0.991. The Hall–Kier alpha value is -3.88. The predicted octanol–water partition coefficient (Wildman–Crippen LogP) is 6.63. The summed E-state index contributed by atoms with van der Waals surface area (Å²) >= 11 is 0. The highest BCUT2D eigenvalue weighted by Crippen LogP contribution is 2.35. The Morgan fingerprint density at radius 1 is 1.00 bits per heavy atom. The number of fused-ring (bicyclic) bond motifs is 2. The van der Waals surface area contributed by atoms with Gasteiger partial charge in [-0.15, -0.1) is 0 Å². The molecule has 7 nitrogen and oxygen atoms in total. The topological polar surface area (TPSA) is 65.8 Å². The molecule has 3 heterocycles. The van der Waals surface area contributed by atoms with E-state index in [1.165, 1.54) is 5.56 Å². The lowest BCUT2D eigenvalue weighted by atomic mass is 9.98. The van der Waals surface area contributed by atoms with Crippen LogP contribution in [0.1, 0.15) is 16.7 Å². The summed E-state index contributed by atoms with van der Waals surface area (Å²) in [7, 11) is 2.06. The molecule has 0 saturated heterocycles. The number of hydrogen-bond acceptors (Lipinski definition) is 5. The molecule has 4 aromatic rings. The van der Waals surface area contributed by atoms with Gasteiger partial charge in [0.05, 0.1) is 19.9 Å². The Labute approximate surface area is 243 Å². The van der Waals surface area contributed by atoms with Crippen LogP contribution < -0.4 is 9.47 Å². The van der Waals surface area contributed by atoms with Crippen LogP contribution in [-0.2, 0) is 29.2 Å². The number of carbonyl (C=O) groups excluding carboxylic acids is 1. The minimum Gasteiger partial charge on any atom is -0.493 e. The highest BCUT2D eigenvalue weighted by Gasteiger charge is 2.23. The van der Waals surface area contributed by atoms with Crippen molar-refractivity contribution in [3.8, 4) is 22.8 Å². The van der Waals surface area contributed by atoms with Crippen molar-refractivity contribution in [1.29, 1.82) is 0 Å². The molecule has 2 aromatic heterocycles. The monoisotopic (exact) mass is 569 g/mol. The van der Waals surface area contributed by atoms with E-state index in [0.717, 1.165) is 45.9 Å². The van der Waals surface area contributed by atoms with Gasteiger partial charge in [0.15, 0.2) is 11.5 Å². The van der Waals surface area contributed by atoms with E-state index in [0.29, 0.717) is 37.9 Å². The smallest absolute Gasteiger partial charge is 0.246 e. The van der Waals surface area contributed by atoms with Crippen LogP contribution in [0.25, 0.3) is 28.4 Å². The summed E-state index contributed by atoms with van der Waals surface area (Å²) in [6.45, 7) is 9.35. The fourth-order valence-corrected chi connectivity index (χ4v) is 6.03. The van der Waals surface area contributed by atoms with E-state index in [-0.39, 0.29) is 5.91 Å². The number of carbonyl (C=O) groups is 1. The van der Waals surface area contributed by atoms with Crippen molar-refractivity contribution in [2.75, 3.05) is 27.4 Å². The lowest BCUT2D eigenvalue weighted by Gasteiger charge is -2.28. The first-order valence-electron chi connectivity index (χ1n) is 14.1. The van der Waals surface area contributed by atoms with E-state index in [9.17, 15) is 4.79 Å². The molecule has 5 rings (SSSR count). The molecule has 0 unspecified atom stereocenters. The molecule has 0 fully saturated rings. The minimum atomic E-state index is -1.21. The van der Waals surface area contributed by atoms with Crippen LogP contribution in [0.4, 0.5) is 0 Å². The van der Waals surface area contributed by atoms with Gasteiger partial charge in [0.1, 0.15) is 12.4 Å². The second kappa shape index (κ2) is 12.3. The summed E-state index contributed by atoms with van der Waals surface area (Å²) in [6.07, 6.45) is 6.21. The normalized spacial score (nSPS) is 13.5. The summed E-state index contributed by atoms with van der Waals surface area (Å²) in [4.78, 5) is 20.1. The molecule has 0 radical (unpaired) electrons. The first-order chi connectivity index (χ1) is 19.8. The number of benzene rings is 2. The van der Waals surface area contributed by atoms with Crippen molar-refractivity contribution in [2.45, 2.75) is 45.4 Å². The average molecular weight is 570 g/mol. The van der Waals surface area contributed by atoms with E-state index in [4.69, 9.17) is 19.2 Å². The van der Waals surface area contributed by atoms with Crippen molar-refractivity contribution in [1.82, 2.24) is 14.5 Å². The number of methoxy groups -OCH3 is 2. The van der Waals surface area contributed by atoms with E-state index in [1.807, 2.05) is 53.6 Å². The lowest BCUT2D eigenvalue weighted by Crippen LogP contribution is -2.34. The van der Waals surface area contributed by atoms with Gasteiger partial charge < -0.3 is 23.7 Å². The van der Waals surface area contributed by atoms with Crippen LogP contribution in [0.3, 0.4) is 0 Å². The van der Waals surface area contributed by atoms with Crippen molar-refractivity contribution in [2.24, 2.45) is 0 Å². The number of ether oxygens (including phenoxy) is 3. The fourth-order valence-electron chi connectivity index (χ4n) is 5.27. The standard InChI is InChI=1S/C33H39N3O4Si/c1-38-29-20-25-15-17-35(22-26(25)21-30(29)39-2)31(37)14-13-27-28-12-9-16-34-33(28)36(23-40-18-19-41(3,4)5)32(27)24-10-7-6-8-11-24/h6-14,16,20-21H,15,17-19,22-23H2,1-5H3. The molecular weight excluding hydrogens is 530 g/mol. The summed E-state index contributed by atoms with van der Waals surface area (Å²) in [5.41, 5.74) is 6.13. The van der Waals surface area contributed by atoms with Gasteiger partial charge in [-0.2, -0.15) is 0 Å². The van der Waals surface area contributed by atoms with Crippen LogP contribution in [0, 0.1) is 0 Å². The molecule has 0 spiro atoms. The predicted molar refractivity (Wildman–Crippen MR) is 167 cm³/mol. The third kappa shape index (κ3) is 6.39. The molecule has 0 N–H and O–H groups in total. The second-order valence-corrected chi connectivity index (χ2v) is 17.2. The maximum absolute atomic E-state index is 13.5. The van der Waals surface area contributed by atoms with Gasteiger partial charge in [-0.05, 0) is 59.5 Å². The highest BCUT2D eigenvalue weighted by atomic mass is 28.3. The van der Waals surface area contributed by atoms with Gasteiger partial charge in [0.25, 0.3) is 0 Å². The minimum absolute atomic E-state index is 0.0272. The summed E-state index contributed by atoms with van der Waals surface area (Å²) in [5.74, 6) is 1.37. The fraction of sp³-hybridized carbons (Fsp3) is 0.333. The van der Waals surface area contributed by atoms with Crippen LogP contribution in [0.15, 0.2) is 66.9 Å². The maximum atomic E-state index is 13.5. The van der Waals surface area contributed by atoms with Gasteiger partial charge in [0, 0.05) is 51.0 Å². The molecule has 8 heteroatoms.